The van der Waals surface area contributed by atoms with Crippen molar-refractivity contribution in [1.29, 1.82) is 0 Å². The normalized spacial score (nSPS) is 10.7. The third kappa shape index (κ3) is 4.62. The van der Waals surface area contributed by atoms with Crippen molar-refractivity contribution < 1.29 is 18.5 Å². The van der Waals surface area contributed by atoms with E-state index in [9.17, 15) is 14.0 Å². The SMILES string of the molecule is Nc1noc2cccc(C(=O)Nc3ccc(F)c(CNC(=O)Nc4ccc(Cl)cc4)c3)c12. The minimum Gasteiger partial charge on any atom is -0.380 e. The summed E-state index contributed by atoms with van der Waals surface area (Å²) in [5.74, 6) is -0.891. The Morgan fingerprint density at radius 2 is 1.78 bits per heavy atom. The molecule has 1 aromatic heterocycles. The first-order valence-electron chi connectivity index (χ1n) is 9.45. The van der Waals surface area contributed by atoms with Gasteiger partial charge in [-0.3, -0.25) is 4.79 Å². The molecule has 3 aromatic carbocycles. The number of aromatic nitrogens is 1. The van der Waals surface area contributed by atoms with Gasteiger partial charge in [0.15, 0.2) is 11.4 Å². The molecule has 4 aromatic rings. The van der Waals surface area contributed by atoms with Crippen LogP contribution in [-0.4, -0.2) is 17.1 Å². The number of hydrogen-bond acceptors (Lipinski definition) is 5. The van der Waals surface area contributed by atoms with E-state index in [0.29, 0.717) is 27.4 Å². The van der Waals surface area contributed by atoms with Crippen LogP contribution in [0.15, 0.2) is 65.2 Å². The van der Waals surface area contributed by atoms with Crippen molar-refractivity contribution in [3.05, 3.63) is 82.6 Å². The van der Waals surface area contributed by atoms with Crippen molar-refractivity contribution in [2.45, 2.75) is 6.54 Å². The summed E-state index contributed by atoms with van der Waals surface area (Å²) < 4.78 is 19.3. The summed E-state index contributed by atoms with van der Waals surface area (Å²) in [6, 6.07) is 15.0. The molecule has 5 N–H and O–H groups in total. The highest BCUT2D eigenvalue weighted by Gasteiger charge is 2.17. The third-order valence-corrected chi connectivity index (χ3v) is 4.87. The predicted molar refractivity (Wildman–Crippen MR) is 120 cm³/mol. The molecule has 0 aliphatic rings. The molecular formula is C22H17ClFN5O3. The van der Waals surface area contributed by atoms with Crippen LogP contribution in [0.1, 0.15) is 15.9 Å². The second kappa shape index (κ2) is 8.94. The average Bonchev–Trinajstić information content (AvgIpc) is 3.16. The Balaban J connectivity index is 1.44. The fraction of sp³-hybridized carbons (Fsp3) is 0.0455. The first kappa shape index (κ1) is 21.1. The van der Waals surface area contributed by atoms with Gasteiger partial charge in [0.2, 0.25) is 0 Å². The Morgan fingerprint density at radius 3 is 2.56 bits per heavy atom. The van der Waals surface area contributed by atoms with Crippen molar-refractivity contribution in [2.24, 2.45) is 0 Å². The number of benzene rings is 3. The molecular weight excluding hydrogens is 437 g/mol. The van der Waals surface area contributed by atoms with Gasteiger partial charge in [-0.2, -0.15) is 0 Å². The molecule has 4 rings (SSSR count). The molecule has 0 unspecified atom stereocenters. The van der Waals surface area contributed by atoms with Crippen LogP contribution >= 0.6 is 11.6 Å². The zero-order valence-electron chi connectivity index (χ0n) is 16.5. The van der Waals surface area contributed by atoms with Crippen LogP contribution in [-0.2, 0) is 6.54 Å². The van der Waals surface area contributed by atoms with Gasteiger partial charge in [0, 0.05) is 28.5 Å². The first-order valence-corrected chi connectivity index (χ1v) is 9.82. The van der Waals surface area contributed by atoms with Gasteiger partial charge < -0.3 is 26.2 Å². The highest BCUT2D eigenvalue weighted by Crippen LogP contribution is 2.25. The molecule has 0 fully saturated rings. The second-order valence-corrected chi connectivity index (χ2v) is 7.26. The number of nitrogens with two attached hydrogens (primary N) is 1. The Kier molecular flexibility index (Phi) is 5.91. The van der Waals surface area contributed by atoms with Gasteiger partial charge in [-0.25, -0.2) is 9.18 Å². The largest absolute Gasteiger partial charge is 0.380 e. The standard InChI is InChI=1S/C22H17ClFN5O3/c23-13-4-6-14(7-5-13)28-22(31)26-11-12-10-15(8-9-17(12)24)27-21(30)16-2-1-3-18-19(16)20(25)29-32-18/h1-10H,11H2,(H2,25,29)(H,27,30)(H2,26,28,31). The minimum absolute atomic E-state index is 0.0941. The fourth-order valence-corrected chi connectivity index (χ4v) is 3.20. The monoisotopic (exact) mass is 453 g/mol. The van der Waals surface area contributed by atoms with Crippen LogP contribution in [0, 0.1) is 5.82 Å². The number of hydrogen-bond donors (Lipinski definition) is 4. The quantitative estimate of drug-likeness (QED) is 0.346. The number of carbonyl (C=O) groups excluding carboxylic acids is 2. The molecule has 0 aliphatic heterocycles. The zero-order chi connectivity index (χ0) is 22.7. The summed E-state index contributed by atoms with van der Waals surface area (Å²) in [5, 5.41) is 12.5. The maximum atomic E-state index is 14.2. The van der Waals surface area contributed by atoms with E-state index in [-0.39, 0.29) is 23.5 Å². The lowest BCUT2D eigenvalue weighted by molar-refractivity contribution is 0.102. The van der Waals surface area contributed by atoms with Gasteiger partial charge >= 0.3 is 6.03 Å². The molecule has 0 spiro atoms. The van der Waals surface area contributed by atoms with Gasteiger partial charge in [-0.05, 0) is 54.6 Å². The van der Waals surface area contributed by atoms with E-state index in [2.05, 4.69) is 21.1 Å². The molecule has 0 saturated heterocycles. The zero-order valence-corrected chi connectivity index (χ0v) is 17.2. The lowest BCUT2D eigenvalue weighted by Crippen LogP contribution is -2.28. The molecule has 10 heteroatoms. The van der Waals surface area contributed by atoms with E-state index in [1.54, 1.807) is 42.5 Å². The number of fused-ring (bicyclic) bond motifs is 1. The summed E-state index contributed by atoms with van der Waals surface area (Å²) in [6.45, 7) is -0.0941. The molecule has 0 aliphatic carbocycles. The summed E-state index contributed by atoms with van der Waals surface area (Å²) >= 11 is 5.81. The highest BCUT2D eigenvalue weighted by atomic mass is 35.5. The Hall–Kier alpha value is -4.11. The molecule has 0 radical (unpaired) electrons. The van der Waals surface area contributed by atoms with Crippen molar-refractivity contribution in [2.75, 3.05) is 16.4 Å². The fourth-order valence-electron chi connectivity index (χ4n) is 3.08. The summed E-state index contributed by atoms with van der Waals surface area (Å²) in [4.78, 5) is 24.8. The third-order valence-electron chi connectivity index (χ3n) is 4.61. The summed E-state index contributed by atoms with van der Waals surface area (Å²) in [6.07, 6.45) is 0. The number of halogens is 2. The van der Waals surface area contributed by atoms with Crippen LogP contribution < -0.4 is 21.7 Å². The molecule has 0 bridgehead atoms. The molecule has 3 amide bonds. The van der Waals surface area contributed by atoms with Crippen molar-refractivity contribution >= 4 is 51.7 Å². The maximum absolute atomic E-state index is 14.2. The van der Waals surface area contributed by atoms with Crippen molar-refractivity contribution in [1.82, 2.24) is 10.5 Å². The highest BCUT2D eigenvalue weighted by molar-refractivity contribution is 6.30. The molecule has 1 heterocycles. The molecule has 0 atom stereocenters. The Labute approximate surface area is 186 Å². The number of anilines is 3. The van der Waals surface area contributed by atoms with Gasteiger partial charge in [-0.15, -0.1) is 0 Å². The molecule has 32 heavy (non-hydrogen) atoms. The minimum atomic E-state index is -0.528. The van der Waals surface area contributed by atoms with E-state index in [1.807, 2.05) is 0 Å². The molecule has 8 nitrogen and oxygen atoms in total. The Bertz CT molecular complexity index is 1310. The van der Waals surface area contributed by atoms with Crippen LogP contribution in [0.5, 0.6) is 0 Å². The topological polar surface area (TPSA) is 122 Å². The first-order chi connectivity index (χ1) is 15.4. The van der Waals surface area contributed by atoms with E-state index in [0.717, 1.165) is 0 Å². The van der Waals surface area contributed by atoms with Gasteiger partial charge in [0.05, 0.1) is 10.9 Å². The van der Waals surface area contributed by atoms with Crippen LogP contribution in [0.4, 0.5) is 26.4 Å². The van der Waals surface area contributed by atoms with E-state index >= 15 is 0 Å². The Morgan fingerprint density at radius 1 is 1.03 bits per heavy atom. The molecule has 0 saturated carbocycles. The van der Waals surface area contributed by atoms with E-state index in [4.69, 9.17) is 21.9 Å². The number of carbonyl (C=O) groups is 2. The molecule has 162 valence electrons. The van der Waals surface area contributed by atoms with Gasteiger partial charge in [0.1, 0.15) is 5.82 Å². The number of amides is 3. The van der Waals surface area contributed by atoms with Crippen molar-refractivity contribution in [3.8, 4) is 0 Å². The predicted octanol–water partition coefficient (Wildman–Crippen LogP) is 4.78. The van der Waals surface area contributed by atoms with Crippen LogP contribution in [0.3, 0.4) is 0 Å². The van der Waals surface area contributed by atoms with Crippen molar-refractivity contribution in [3.63, 3.8) is 0 Å². The van der Waals surface area contributed by atoms with E-state index in [1.165, 1.54) is 18.2 Å². The second-order valence-electron chi connectivity index (χ2n) is 6.82. The maximum Gasteiger partial charge on any atom is 0.319 e. The smallest absolute Gasteiger partial charge is 0.319 e. The lowest BCUT2D eigenvalue weighted by Gasteiger charge is -2.11. The summed E-state index contributed by atoms with van der Waals surface area (Å²) in [7, 11) is 0. The number of rotatable bonds is 5. The van der Waals surface area contributed by atoms with E-state index < -0.39 is 17.8 Å². The van der Waals surface area contributed by atoms with Gasteiger partial charge in [0.25, 0.3) is 5.91 Å². The van der Waals surface area contributed by atoms with Gasteiger partial charge in [-0.1, -0.05) is 22.8 Å². The lowest BCUT2D eigenvalue weighted by atomic mass is 10.1. The average molecular weight is 454 g/mol. The van der Waals surface area contributed by atoms with Crippen LogP contribution in [0.25, 0.3) is 11.0 Å². The number of nitrogens with one attached hydrogen (secondary N) is 3. The summed E-state index contributed by atoms with van der Waals surface area (Å²) in [5.41, 5.74) is 7.52. The number of urea groups is 1. The number of nitrogens with zero attached hydrogens (tertiary/aromatic N) is 1. The van der Waals surface area contributed by atoms with Crippen LogP contribution in [0.2, 0.25) is 5.02 Å². The number of nitrogen functional groups attached to an aromatic ring is 1.